The predicted molar refractivity (Wildman–Crippen MR) is 64.8 cm³/mol. The first-order chi connectivity index (χ1) is 6.79. The van der Waals surface area contributed by atoms with Crippen LogP contribution in [0.25, 0.3) is 10.6 Å². The van der Waals surface area contributed by atoms with Crippen LogP contribution in [0.2, 0.25) is 0 Å². The minimum atomic E-state index is 0.659. The van der Waals surface area contributed by atoms with E-state index >= 15 is 0 Å². The summed E-state index contributed by atoms with van der Waals surface area (Å²) in [5, 5.41) is 0.949. The quantitative estimate of drug-likeness (QED) is 0.788. The molecule has 14 heavy (non-hydrogen) atoms. The molecule has 0 saturated heterocycles. The summed E-state index contributed by atoms with van der Waals surface area (Å²) in [6.07, 6.45) is 2.07. The van der Waals surface area contributed by atoms with Crippen molar-refractivity contribution in [2.24, 2.45) is 0 Å². The molecule has 0 aliphatic carbocycles. The molecule has 1 aromatic heterocycles. The Bertz CT molecular complexity index is 425. The number of hydrogen-bond acceptors (Lipinski definition) is 4. The van der Waals surface area contributed by atoms with Crippen LogP contribution in [0.1, 0.15) is 0 Å². The molecule has 1 aromatic carbocycles. The lowest BCUT2D eigenvalue weighted by Crippen LogP contribution is -1.76. The molecule has 0 amide bonds. The summed E-state index contributed by atoms with van der Waals surface area (Å²) >= 11 is 6.38. The summed E-state index contributed by atoms with van der Waals surface area (Å²) < 4.78 is 4.74. The summed E-state index contributed by atoms with van der Waals surface area (Å²) in [5.74, 6) is 0. The molecule has 72 valence electrons. The van der Waals surface area contributed by atoms with Crippen LogP contribution in [0.15, 0.2) is 33.9 Å². The topological polar surface area (TPSA) is 25.8 Å². The highest BCUT2D eigenvalue weighted by Gasteiger charge is 2.03. The molecule has 2 rings (SSSR count). The molecule has 0 N–H and O–H groups in total. The first-order valence-corrected chi connectivity index (χ1v) is 6.72. The summed E-state index contributed by atoms with van der Waals surface area (Å²) in [5.41, 5.74) is 1.12. The Hall–Kier alpha value is -0.390. The van der Waals surface area contributed by atoms with Crippen molar-refractivity contribution in [2.75, 3.05) is 6.26 Å². The molecule has 0 unspecified atom stereocenters. The van der Waals surface area contributed by atoms with Gasteiger partial charge in [0.15, 0.2) is 0 Å². The molecule has 0 spiro atoms. The molecule has 0 aliphatic heterocycles. The third kappa shape index (κ3) is 2.16. The summed E-state index contributed by atoms with van der Waals surface area (Å²) in [7, 11) is 0. The van der Waals surface area contributed by atoms with Crippen LogP contribution >= 0.6 is 39.2 Å². The zero-order chi connectivity index (χ0) is 9.97. The van der Waals surface area contributed by atoms with Crippen molar-refractivity contribution < 1.29 is 0 Å². The van der Waals surface area contributed by atoms with Gasteiger partial charge in [0.25, 0.3) is 0 Å². The molecule has 0 fully saturated rings. The van der Waals surface area contributed by atoms with E-state index in [4.69, 9.17) is 0 Å². The van der Waals surface area contributed by atoms with Crippen molar-refractivity contribution in [3.63, 3.8) is 0 Å². The second-order valence-corrected chi connectivity index (χ2v) is 4.94. The summed E-state index contributed by atoms with van der Waals surface area (Å²) in [6.45, 7) is 0. The Morgan fingerprint density at radius 2 is 2.00 bits per heavy atom. The molecule has 1 heterocycles. The van der Waals surface area contributed by atoms with Crippen molar-refractivity contribution in [3.05, 3.63) is 29.0 Å². The van der Waals surface area contributed by atoms with E-state index in [0.29, 0.717) is 4.73 Å². The molecule has 0 bridgehead atoms. The lowest BCUT2D eigenvalue weighted by molar-refractivity contribution is 1.26. The lowest BCUT2D eigenvalue weighted by atomic mass is 10.2. The maximum Gasteiger partial charge on any atom is 0.209 e. The highest BCUT2D eigenvalue weighted by atomic mass is 79.9. The molecule has 0 aliphatic rings. The molecule has 0 atom stereocenters. The molecule has 2 aromatic rings. The number of hydrogen-bond donors (Lipinski definition) is 0. The van der Waals surface area contributed by atoms with Crippen LogP contribution < -0.4 is 0 Å². The van der Waals surface area contributed by atoms with Gasteiger partial charge in [-0.05, 0) is 45.9 Å². The Balaban J connectivity index is 2.33. The maximum absolute atomic E-state index is 4.25. The second-order valence-electron chi connectivity index (χ2n) is 2.60. The highest BCUT2D eigenvalue weighted by Crippen LogP contribution is 2.25. The normalized spacial score (nSPS) is 10.4. The lowest BCUT2D eigenvalue weighted by Gasteiger charge is -1.97. The van der Waals surface area contributed by atoms with Gasteiger partial charge < -0.3 is 0 Å². The molecular formula is C9H7BrN2S2. The molecule has 2 nitrogen and oxygen atoms in total. The van der Waals surface area contributed by atoms with Crippen molar-refractivity contribution >= 4 is 39.2 Å². The summed E-state index contributed by atoms with van der Waals surface area (Å²) in [4.78, 5) is 5.52. The first-order valence-electron chi connectivity index (χ1n) is 3.93. The van der Waals surface area contributed by atoms with E-state index in [2.05, 4.69) is 55.8 Å². The van der Waals surface area contributed by atoms with E-state index in [1.54, 1.807) is 11.8 Å². The van der Waals surface area contributed by atoms with Gasteiger partial charge in [-0.1, -0.05) is 12.1 Å². The highest BCUT2D eigenvalue weighted by molar-refractivity contribution is 9.10. The average molecular weight is 287 g/mol. The van der Waals surface area contributed by atoms with Gasteiger partial charge in [0, 0.05) is 10.5 Å². The number of aromatic nitrogens is 2. The Kier molecular flexibility index (Phi) is 3.20. The number of rotatable bonds is 2. The fourth-order valence-corrected chi connectivity index (χ4v) is 2.55. The van der Waals surface area contributed by atoms with Crippen LogP contribution in [0, 0.1) is 0 Å². The summed E-state index contributed by atoms with van der Waals surface area (Å²) in [6, 6.07) is 8.32. The van der Waals surface area contributed by atoms with Crippen molar-refractivity contribution in [2.45, 2.75) is 4.90 Å². The average Bonchev–Trinajstić information content (AvgIpc) is 2.65. The first kappa shape index (κ1) is 10.1. The molecule has 5 heteroatoms. The van der Waals surface area contributed by atoms with Crippen molar-refractivity contribution in [1.29, 1.82) is 0 Å². The van der Waals surface area contributed by atoms with Crippen LogP contribution in [-0.2, 0) is 0 Å². The van der Waals surface area contributed by atoms with Crippen LogP contribution in [-0.4, -0.2) is 15.6 Å². The minimum Gasteiger partial charge on any atom is -0.209 e. The van der Waals surface area contributed by atoms with Gasteiger partial charge in [-0.15, -0.1) is 11.8 Å². The van der Waals surface area contributed by atoms with Crippen LogP contribution in [0.5, 0.6) is 0 Å². The van der Waals surface area contributed by atoms with E-state index in [9.17, 15) is 0 Å². The van der Waals surface area contributed by atoms with Gasteiger partial charge in [-0.3, -0.25) is 0 Å². The zero-order valence-corrected chi connectivity index (χ0v) is 10.6. The number of nitrogens with zero attached hydrogens (tertiary/aromatic N) is 2. The van der Waals surface area contributed by atoms with Gasteiger partial charge in [0.1, 0.15) is 5.01 Å². The van der Waals surface area contributed by atoms with E-state index in [1.807, 2.05) is 0 Å². The maximum atomic E-state index is 4.25. The predicted octanol–water partition coefficient (Wildman–Crippen LogP) is 3.69. The largest absolute Gasteiger partial charge is 0.209 e. The number of benzene rings is 1. The van der Waals surface area contributed by atoms with E-state index in [-0.39, 0.29) is 0 Å². The van der Waals surface area contributed by atoms with Crippen LogP contribution in [0.4, 0.5) is 0 Å². The van der Waals surface area contributed by atoms with E-state index < -0.39 is 0 Å². The fourth-order valence-electron chi connectivity index (χ4n) is 1.06. The number of thioether (sulfide) groups is 1. The standard InChI is InChI=1S/C9H7BrN2S2/c1-13-7-4-2-6(3-5-7)8-11-9(10)12-14-8/h2-5H,1H3. The van der Waals surface area contributed by atoms with Gasteiger partial charge in [-0.2, -0.15) is 4.37 Å². The second kappa shape index (κ2) is 4.42. The van der Waals surface area contributed by atoms with Gasteiger partial charge in [-0.25, -0.2) is 4.98 Å². The van der Waals surface area contributed by atoms with Crippen LogP contribution in [0.3, 0.4) is 0 Å². The Morgan fingerprint density at radius 3 is 2.50 bits per heavy atom. The minimum absolute atomic E-state index is 0.659. The number of halogens is 1. The third-order valence-corrected chi connectivity index (χ3v) is 3.84. The molecule has 0 saturated carbocycles. The monoisotopic (exact) mass is 286 g/mol. The Labute approximate surface area is 99.1 Å². The third-order valence-electron chi connectivity index (χ3n) is 1.74. The van der Waals surface area contributed by atoms with Gasteiger partial charge in [0.05, 0.1) is 0 Å². The van der Waals surface area contributed by atoms with Gasteiger partial charge in [0.2, 0.25) is 4.73 Å². The van der Waals surface area contributed by atoms with Gasteiger partial charge >= 0.3 is 0 Å². The zero-order valence-electron chi connectivity index (χ0n) is 7.40. The van der Waals surface area contributed by atoms with E-state index in [1.165, 1.54) is 16.4 Å². The van der Waals surface area contributed by atoms with E-state index in [0.717, 1.165) is 10.6 Å². The SMILES string of the molecule is CSc1ccc(-c2nc(Br)ns2)cc1. The smallest absolute Gasteiger partial charge is 0.209 e. The van der Waals surface area contributed by atoms with Crippen molar-refractivity contribution in [3.8, 4) is 10.6 Å². The molecule has 0 radical (unpaired) electrons. The van der Waals surface area contributed by atoms with Crippen molar-refractivity contribution in [1.82, 2.24) is 9.36 Å². The fraction of sp³-hybridized carbons (Fsp3) is 0.111. The molecular weight excluding hydrogens is 280 g/mol. The Morgan fingerprint density at radius 1 is 1.29 bits per heavy atom.